The van der Waals surface area contributed by atoms with Gasteiger partial charge in [0.15, 0.2) is 5.78 Å². The molecule has 31 heavy (non-hydrogen) atoms. The Balaban J connectivity index is 1.77. The van der Waals surface area contributed by atoms with Crippen molar-refractivity contribution in [2.75, 3.05) is 0 Å². The Labute approximate surface area is 186 Å². The van der Waals surface area contributed by atoms with E-state index >= 15 is 0 Å². The zero-order valence-corrected chi connectivity index (χ0v) is 18.2. The standard InChI is InChI=1S/C25H23ClN2O3/c1-25(2)11-19(29)23-21(12-25)31-24(28)17(13-27)22(23)16-8-4-3-7-15(16)14-30-20-10-6-5-9-18(20)26/h3-10,22H,11-12,14,28H2,1-2H3/t22-/m0/s1. The quantitative estimate of drug-likeness (QED) is 0.699. The largest absolute Gasteiger partial charge is 0.487 e. The third-order valence-corrected chi connectivity index (χ3v) is 5.97. The monoisotopic (exact) mass is 434 g/mol. The van der Waals surface area contributed by atoms with E-state index in [0.29, 0.717) is 34.9 Å². The molecular weight excluding hydrogens is 412 g/mol. The molecule has 0 spiro atoms. The molecule has 2 aromatic carbocycles. The second-order valence-electron chi connectivity index (χ2n) is 8.62. The van der Waals surface area contributed by atoms with E-state index in [4.69, 9.17) is 26.8 Å². The zero-order valence-electron chi connectivity index (χ0n) is 17.4. The lowest BCUT2D eigenvalue weighted by molar-refractivity contribution is -0.119. The van der Waals surface area contributed by atoms with Crippen LogP contribution in [0.2, 0.25) is 5.02 Å². The number of halogens is 1. The number of nitrogens with zero attached hydrogens (tertiary/aromatic N) is 1. The smallest absolute Gasteiger partial charge is 0.205 e. The molecule has 2 aliphatic rings. The summed E-state index contributed by atoms with van der Waals surface area (Å²) in [5.41, 5.74) is 8.33. The Bertz CT molecular complexity index is 1160. The van der Waals surface area contributed by atoms with E-state index in [1.54, 1.807) is 12.1 Å². The van der Waals surface area contributed by atoms with Gasteiger partial charge in [-0.3, -0.25) is 4.79 Å². The van der Waals surface area contributed by atoms with E-state index in [2.05, 4.69) is 6.07 Å². The SMILES string of the molecule is CC1(C)CC(=O)C2=C(C1)OC(N)=C(C#N)[C@@H]2c1ccccc1COc1ccccc1Cl. The minimum atomic E-state index is -0.580. The molecule has 6 heteroatoms. The maximum Gasteiger partial charge on any atom is 0.205 e. The number of ketones is 1. The predicted molar refractivity (Wildman–Crippen MR) is 118 cm³/mol. The van der Waals surface area contributed by atoms with Gasteiger partial charge in [0.1, 0.15) is 29.8 Å². The van der Waals surface area contributed by atoms with Gasteiger partial charge < -0.3 is 15.2 Å². The van der Waals surface area contributed by atoms with Crippen LogP contribution in [0.5, 0.6) is 5.75 Å². The van der Waals surface area contributed by atoms with E-state index in [1.165, 1.54) is 0 Å². The summed E-state index contributed by atoms with van der Waals surface area (Å²) in [6, 6.07) is 17.0. The number of Topliss-reactive ketones (excluding diaryl/α,β-unsaturated/α-hetero) is 1. The summed E-state index contributed by atoms with van der Waals surface area (Å²) in [6.45, 7) is 4.29. The van der Waals surface area contributed by atoms with E-state index < -0.39 is 5.92 Å². The van der Waals surface area contributed by atoms with Crippen LogP contribution in [0.25, 0.3) is 0 Å². The first-order chi connectivity index (χ1) is 14.8. The van der Waals surface area contributed by atoms with E-state index in [1.807, 2.05) is 50.2 Å². The van der Waals surface area contributed by atoms with Gasteiger partial charge in [-0.2, -0.15) is 5.26 Å². The number of rotatable bonds is 4. The number of nitrogens with two attached hydrogens (primary N) is 1. The molecule has 1 aliphatic carbocycles. The van der Waals surface area contributed by atoms with Crippen molar-refractivity contribution >= 4 is 17.4 Å². The molecule has 0 amide bonds. The van der Waals surface area contributed by atoms with Crippen molar-refractivity contribution in [3.63, 3.8) is 0 Å². The summed E-state index contributed by atoms with van der Waals surface area (Å²) in [5.74, 6) is 0.585. The van der Waals surface area contributed by atoms with E-state index in [9.17, 15) is 10.1 Å². The summed E-state index contributed by atoms with van der Waals surface area (Å²) in [5, 5.41) is 10.4. The van der Waals surface area contributed by atoms with Gasteiger partial charge in [0.25, 0.3) is 0 Å². The van der Waals surface area contributed by atoms with E-state index in [0.717, 1.165) is 11.1 Å². The van der Waals surface area contributed by atoms with Crippen molar-refractivity contribution in [1.29, 1.82) is 5.26 Å². The average molecular weight is 435 g/mol. The molecule has 5 nitrogen and oxygen atoms in total. The molecule has 0 radical (unpaired) electrons. The molecule has 4 rings (SSSR count). The summed E-state index contributed by atoms with van der Waals surface area (Å²) in [7, 11) is 0. The molecule has 2 aromatic rings. The predicted octanol–water partition coefficient (Wildman–Crippen LogP) is 5.37. The number of carbonyl (C=O) groups excluding carboxylic acids is 1. The molecule has 0 saturated heterocycles. The lowest BCUT2D eigenvalue weighted by Gasteiger charge is -2.37. The number of benzene rings is 2. The Morgan fingerprint density at radius 2 is 1.90 bits per heavy atom. The molecule has 0 bridgehead atoms. The molecule has 0 fully saturated rings. The number of carbonyl (C=O) groups is 1. The number of allylic oxidation sites excluding steroid dienone is 3. The summed E-state index contributed by atoms with van der Waals surface area (Å²) in [4.78, 5) is 13.2. The van der Waals surface area contributed by atoms with Crippen LogP contribution < -0.4 is 10.5 Å². The topological polar surface area (TPSA) is 85.3 Å². The first kappa shape index (κ1) is 21.0. The highest BCUT2D eigenvalue weighted by molar-refractivity contribution is 6.32. The minimum absolute atomic E-state index is 0.0154. The van der Waals surface area contributed by atoms with Gasteiger partial charge in [0, 0.05) is 18.4 Å². The molecule has 1 atom stereocenters. The van der Waals surface area contributed by atoms with Crippen LogP contribution in [-0.2, 0) is 16.1 Å². The Morgan fingerprint density at radius 1 is 1.19 bits per heavy atom. The number of nitriles is 1. The number of hydrogen-bond acceptors (Lipinski definition) is 5. The zero-order chi connectivity index (χ0) is 22.2. The molecule has 0 aromatic heterocycles. The molecule has 0 saturated carbocycles. The van der Waals surface area contributed by atoms with Gasteiger partial charge >= 0.3 is 0 Å². The second kappa shape index (κ2) is 8.13. The van der Waals surface area contributed by atoms with Crippen molar-refractivity contribution in [3.05, 3.63) is 87.5 Å². The molecule has 0 unspecified atom stereocenters. The van der Waals surface area contributed by atoms with Crippen LogP contribution in [0, 0.1) is 16.7 Å². The highest BCUT2D eigenvalue weighted by Gasteiger charge is 2.43. The molecule has 158 valence electrons. The molecule has 2 N–H and O–H groups in total. The first-order valence-electron chi connectivity index (χ1n) is 10.1. The van der Waals surface area contributed by atoms with Crippen LogP contribution in [-0.4, -0.2) is 5.78 Å². The van der Waals surface area contributed by atoms with Crippen LogP contribution in [0.3, 0.4) is 0 Å². The normalized spacial score (nSPS) is 20.1. The lowest BCUT2D eigenvalue weighted by Crippen LogP contribution is -2.33. The van der Waals surface area contributed by atoms with Crippen LogP contribution in [0.4, 0.5) is 0 Å². The van der Waals surface area contributed by atoms with Gasteiger partial charge in [-0.25, -0.2) is 0 Å². The van der Waals surface area contributed by atoms with Crippen molar-refractivity contribution in [2.24, 2.45) is 11.1 Å². The van der Waals surface area contributed by atoms with Crippen molar-refractivity contribution in [3.8, 4) is 11.8 Å². The number of hydrogen-bond donors (Lipinski definition) is 1. The van der Waals surface area contributed by atoms with E-state index in [-0.39, 0.29) is 29.3 Å². The van der Waals surface area contributed by atoms with Crippen LogP contribution in [0.15, 0.2) is 71.3 Å². The highest BCUT2D eigenvalue weighted by Crippen LogP contribution is 2.48. The van der Waals surface area contributed by atoms with Crippen LogP contribution in [0.1, 0.15) is 43.7 Å². The van der Waals surface area contributed by atoms with Gasteiger partial charge in [0.2, 0.25) is 5.88 Å². The number of ether oxygens (including phenoxy) is 2. The summed E-state index contributed by atoms with van der Waals surface area (Å²) in [6.07, 6.45) is 0.977. The average Bonchev–Trinajstić information content (AvgIpc) is 2.71. The van der Waals surface area contributed by atoms with Gasteiger partial charge in [-0.1, -0.05) is 61.8 Å². The second-order valence-corrected chi connectivity index (χ2v) is 9.03. The fraction of sp³-hybridized carbons (Fsp3) is 0.280. The maximum atomic E-state index is 13.2. The maximum absolute atomic E-state index is 13.2. The Morgan fingerprint density at radius 3 is 2.65 bits per heavy atom. The lowest BCUT2D eigenvalue weighted by atomic mass is 9.70. The van der Waals surface area contributed by atoms with Crippen molar-refractivity contribution in [2.45, 2.75) is 39.2 Å². The minimum Gasteiger partial charge on any atom is -0.487 e. The van der Waals surface area contributed by atoms with Crippen molar-refractivity contribution in [1.82, 2.24) is 0 Å². The van der Waals surface area contributed by atoms with Gasteiger partial charge in [0.05, 0.1) is 10.9 Å². The Hall–Kier alpha value is -3.23. The molecule has 1 heterocycles. The van der Waals surface area contributed by atoms with Crippen LogP contribution >= 0.6 is 11.6 Å². The summed E-state index contributed by atoms with van der Waals surface area (Å²) >= 11 is 6.22. The highest BCUT2D eigenvalue weighted by atomic mass is 35.5. The fourth-order valence-corrected chi connectivity index (χ4v) is 4.45. The summed E-state index contributed by atoms with van der Waals surface area (Å²) < 4.78 is 11.7. The third-order valence-electron chi connectivity index (χ3n) is 5.66. The first-order valence-corrected chi connectivity index (χ1v) is 10.5. The van der Waals surface area contributed by atoms with Gasteiger partial charge in [-0.05, 0) is 28.7 Å². The van der Waals surface area contributed by atoms with Gasteiger partial charge in [-0.15, -0.1) is 0 Å². The fourth-order valence-electron chi connectivity index (χ4n) is 4.26. The number of para-hydroxylation sites is 1. The molecular formula is C25H23ClN2O3. The Kier molecular flexibility index (Phi) is 5.51. The molecule has 1 aliphatic heterocycles. The van der Waals surface area contributed by atoms with Crippen molar-refractivity contribution < 1.29 is 14.3 Å². The third kappa shape index (κ3) is 4.04.